The van der Waals surface area contributed by atoms with E-state index in [-0.39, 0.29) is 22.8 Å². The third-order valence-corrected chi connectivity index (χ3v) is 9.58. The van der Waals surface area contributed by atoms with E-state index in [2.05, 4.69) is 24.8 Å². The number of amides is 1. The SMILES string of the molecule is CCCCC(CC)CN1C(=O)/C(=C\c2c(C)c(C#N)c(=O)n(CCC)c2N2CCN(c3ccccc3F)CC2)SC1=S. The standard InChI is InChI=1S/C32H40FN5O2S2/c1-5-8-11-23(7-3)21-38-31(40)28(42-32(38)41)19-24-22(4)25(20-34)30(39)37(14-6-2)29(24)36-17-15-35(16-18-36)27-13-10-9-12-26(27)33/h9-10,12-13,19,23H,5-8,11,14-18,21H2,1-4H3/b28-19+. The highest BCUT2D eigenvalue weighted by molar-refractivity contribution is 8.26. The summed E-state index contributed by atoms with van der Waals surface area (Å²) in [6.07, 6.45) is 6.79. The van der Waals surface area contributed by atoms with Crippen molar-refractivity contribution in [3.8, 4) is 6.07 Å². The lowest BCUT2D eigenvalue weighted by Gasteiger charge is -2.39. The summed E-state index contributed by atoms with van der Waals surface area (Å²) in [5, 5.41) is 9.96. The Kier molecular flexibility index (Phi) is 10.8. The number of benzene rings is 1. The maximum absolute atomic E-state index is 14.5. The summed E-state index contributed by atoms with van der Waals surface area (Å²) in [5.41, 5.74) is 1.57. The second-order valence-corrected chi connectivity index (χ2v) is 12.6. The number of rotatable bonds is 11. The zero-order valence-corrected chi connectivity index (χ0v) is 26.6. The van der Waals surface area contributed by atoms with Gasteiger partial charge in [-0.3, -0.25) is 19.1 Å². The summed E-state index contributed by atoms with van der Waals surface area (Å²) in [4.78, 5) is 33.6. The van der Waals surface area contributed by atoms with E-state index >= 15 is 0 Å². The molecule has 1 atom stereocenters. The number of nitriles is 1. The number of anilines is 2. The fourth-order valence-corrected chi connectivity index (χ4v) is 7.00. The van der Waals surface area contributed by atoms with Crippen molar-refractivity contribution in [2.45, 2.75) is 66.3 Å². The quantitative estimate of drug-likeness (QED) is 0.218. The number of thioether (sulfide) groups is 1. The Morgan fingerprint density at radius 1 is 1.10 bits per heavy atom. The summed E-state index contributed by atoms with van der Waals surface area (Å²) in [6, 6.07) is 8.87. The molecule has 2 aliphatic heterocycles. The first kappa shape index (κ1) is 31.8. The van der Waals surface area contributed by atoms with Gasteiger partial charge < -0.3 is 9.80 Å². The number of hydrogen-bond donors (Lipinski definition) is 0. The first-order valence-corrected chi connectivity index (χ1v) is 16.1. The predicted octanol–water partition coefficient (Wildman–Crippen LogP) is 6.32. The van der Waals surface area contributed by atoms with Crippen LogP contribution in [0.25, 0.3) is 6.08 Å². The number of hydrogen-bond acceptors (Lipinski definition) is 7. The second kappa shape index (κ2) is 14.3. The van der Waals surface area contributed by atoms with Crippen LogP contribution < -0.4 is 15.4 Å². The highest BCUT2D eigenvalue weighted by Crippen LogP contribution is 2.37. The molecule has 0 N–H and O–H groups in total. The van der Waals surface area contributed by atoms with Gasteiger partial charge in [0.05, 0.1) is 10.6 Å². The first-order valence-electron chi connectivity index (χ1n) is 14.9. The molecule has 224 valence electrons. The molecule has 1 unspecified atom stereocenters. The van der Waals surface area contributed by atoms with Gasteiger partial charge in [0.25, 0.3) is 11.5 Å². The monoisotopic (exact) mass is 609 g/mol. The maximum Gasteiger partial charge on any atom is 0.270 e. The Labute approximate surface area is 258 Å². The van der Waals surface area contributed by atoms with E-state index in [1.807, 2.05) is 24.0 Å². The minimum Gasteiger partial charge on any atom is -0.366 e. The molecule has 0 aliphatic carbocycles. The minimum atomic E-state index is -0.324. The lowest BCUT2D eigenvalue weighted by atomic mass is 9.99. The minimum absolute atomic E-state index is 0.0875. The molecule has 1 aromatic heterocycles. The predicted molar refractivity (Wildman–Crippen MR) is 174 cm³/mol. The third-order valence-electron chi connectivity index (χ3n) is 8.20. The van der Waals surface area contributed by atoms with Crippen LogP contribution >= 0.6 is 24.0 Å². The van der Waals surface area contributed by atoms with E-state index in [9.17, 15) is 19.2 Å². The zero-order chi connectivity index (χ0) is 30.4. The fourth-order valence-electron chi connectivity index (χ4n) is 5.75. The molecule has 1 aromatic carbocycles. The zero-order valence-electron chi connectivity index (χ0n) is 25.0. The fraction of sp³-hybridized carbons (Fsp3) is 0.500. The molecule has 2 fully saturated rings. The van der Waals surface area contributed by atoms with Crippen LogP contribution in [0.2, 0.25) is 0 Å². The highest BCUT2D eigenvalue weighted by Gasteiger charge is 2.34. The van der Waals surface area contributed by atoms with Crippen molar-refractivity contribution in [2.75, 3.05) is 42.5 Å². The molecule has 2 aliphatic rings. The molecule has 0 radical (unpaired) electrons. The number of halogens is 1. The maximum atomic E-state index is 14.5. The van der Waals surface area contributed by atoms with Crippen LogP contribution in [0, 0.1) is 30.0 Å². The van der Waals surface area contributed by atoms with Crippen LogP contribution in [0.4, 0.5) is 15.9 Å². The molecular formula is C32H40FN5O2S2. The molecular weight excluding hydrogens is 570 g/mol. The Balaban J connectivity index is 1.73. The van der Waals surface area contributed by atoms with Gasteiger partial charge in [-0.15, -0.1) is 0 Å². The first-order chi connectivity index (χ1) is 20.2. The number of pyridine rings is 1. The van der Waals surface area contributed by atoms with Gasteiger partial charge in [0.2, 0.25) is 0 Å². The summed E-state index contributed by atoms with van der Waals surface area (Å²) in [7, 11) is 0. The van der Waals surface area contributed by atoms with Crippen molar-refractivity contribution in [1.29, 1.82) is 5.26 Å². The van der Waals surface area contributed by atoms with Crippen LogP contribution in [0.5, 0.6) is 0 Å². The number of nitrogens with zero attached hydrogens (tertiary/aromatic N) is 5. The van der Waals surface area contributed by atoms with Crippen molar-refractivity contribution >= 4 is 51.8 Å². The topological polar surface area (TPSA) is 72.6 Å². The van der Waals surface area contributed by atoms with Crippen molar-refractivity contribution in [3.05, 3.63) is 62.0 Å². The second-order valence-electron chi connectivity index (χ2n) is 10.9. The van der Waals surface area contributed by atoms with Crippen molar-refractivity contribution in [3.63, 3.8) is 0 Å². The molecule has 0 spiro atoms. The van der Waals surface area contributed by atoms with Crippen LogP contribution in [0.15, 0.2) is 34.0 Å². The van der Waals surface area contributed by atoms with Gasteiger partial charge in [0.1, 0.15) is 27.6 Å². The largest absolute Gasteiger partial charge is 0.366 e. The summed E-state index contributed by atoms with van der Waals surface area (Å²) in [5.74, 6) is 0.699. The van der Waals surface area contributed by atoms with Crippen LogP contribution in [0.1, 0.15) is 69.6 Å². The molecule has 2 aromatic rings. The lowest BCUT2D eigenvalue weighted by molar-refractivity contribution is -0.122. The van der Waals surface area contributed by atoms with E-state index in [4.69, 9.17) is 12.2 Å². The van der Waals surface area contributed by atoms with Gasteiger partial charge in [-0.1, -0.05) is 76.1 Å². The Morgan fingerprint density at radius 3 is 2.40 bits per heavy atom. The van der Waals surface area contributed by atoms with Crippen molar-refractivity contribution < 1.29 is 9.18 Å². The van der Waals surface area contributed by atoms with Gasteiger partial charge in [-0.2, -0.15) is 5.26 Å². The van der Waals surface area contributed by atoms with E-state index in [0.717, 1.165) is 25.7 Å². The molecule has 1 amide bonds. The van der Waals surface area contributed by atoms with Gasteiger partial charge >= 0.3 is 0 Å². The molecule has 0 saturated carbocycles. The van der Waals surface area contributed by atoms with Crippen LogP contribution in [0.3, 0.4) is 0 Å². The summed E-state index contributed by atoms with van der Waals surface area (Å²) >= 11 is 6.94. The summed E-state index contributed by atoms with van der Waals surface area (Å²) < 4.78 is 16.7. The number of thiocarbonyl (C=S) groups is 1. The average Bonchev–Trinajstić information content (AvgIpc) is 3.25. The third kappa shape index (κ3) is 6.57. The van der Waals surface area contributed by atoms with E-state index < -0.39 is 0 Å². The van der Waals surface area contributed by atoms with Crippen LogP contribution in [-0.4, -0.2) is 52.4 Å². The number of aromatic nitrogens is 1. The summed E-state index contributed by atoms with van der Waals surface area (Å²) in [6.45, 7) is 11.4. The van der Waals surface area contributed by atoms with E-state index in [0.29, 0.717) is 83.5 Å². The Hall–Kier alpha value is -3.16. The number of carbonyl (C=O) groups excluding carboxylic acids is 1. The van der Waals surface area contributed by atoms with Gasteiger partial charge in [0.15, 0.2) is 0 Å². The van der Waals surface area contributed by atoms with Crippen molar-refractivity contribution in [2.24, 2.45) is 5.92 Å². The van der Waals surface area contributed by atoms with E-state index in [1.165, 1.54) is 17.8 Å². The van der Waals surface area contributed by atoms with Crippen LogP contribution in [-0.2, 0) is 11.3 Å². The highest BCUT2D eigenvalue weighted by atomic mass is 32.2. The molecule has 0 bridgehead atoms. The molecule has 4 rings (SSSR count). The normalized spacial score (nSPS) is 17.3. The number of piperazine rings is 1. The molecule has 2 saturated heterocycles. The smallest absolute Gasteiger partial charge is 0.270 e. The molecule has 42 heavy (non-hydrogen) atoms. The molecule has 7 nitrogen and oxygen atoms in total. The van der Waals surface area contributed by atoms with Gasteiger partial charge in [0, 0.05) is 44.8 Å². The average molecular weight is 610 g/mol. The number of para-hydroxylation sites is 1. The Morgan fingerprint density at radius 2 is 1.79 bits per heavy atom. The molecule has 10 heteroatoms. The number of carbonyl (C=O) groups is 1. The number of unbranched alkanes of at least 4 members (excludes halogenated alkanes) is 1. The lowest BCUT2D eigenvalue weighted by Crippen LogP contribution is -2.49. The molecule has 3 heterocycles. The van der Waals surface area contributed by atoms with Gasteiger partial charge in [-0.05, 0) is 49.5 Å². The van der Waals surface area contributed by atoms with Crippen molar-refractivity contribution in [1.82, 2.24) is 9.47 Å². The Bertz CT molecular complexity index is 1460. The van der Waals surface area contributed by atoms with E-state index in [1.54, 1.807) is 28.5 Å². The van der Waals surface area contributed by atoms with Gasteiger partial charge in [-0.25, -0.2) is 4.39 Å².